The zero-order chi connectivity index (χ0) is 16.7. The van der Waals surface area contributed by atoms with Crippen LogP contribution in [0, 0.1) is 11.7 Å². The van der Waals surface area contributed by atoms with Crippen molar-refractivity contribution < 1.29 is 13.9 Å². The highest BCUT2D eigenvalue weighted by Crippen LogP contribution is 2.43. The maximum atomic E-state index is 14.8. The van der Waals surface area contributed by atoms with Crippen molar-refractivity contribution in [3.63, 3.8) is 0 Å². The summed E-state index contributed by atoms with van der Waals surface area (Å²) in [6, 6.07) is 5.21. The highest BCUT2D eigenvalue weighted by Gasteiger charge is 2.42. The molecule has 1 unspecified atom stereocenters. The van der Waals surface area contributed by atoms with E-state index in [9.17, 15) is 4.39 Å². The van der Waals surface area contributed by atoms with Crippen molar-refractivity contribution in [3.05, 3.63) is 34.6 Å². The van der Waals surface area contributed by atoms with Gasteiger partial charge in [0.2, 0.25) is 0 Å². The Morgan fingerprint density at radius 1 is 1.35 bits per heavy atom. The van der Waals surface area contributed by atoms with Crippen molar-refractivity contribution in [1.82, 2.24) is 5.32 Å². The van der Waals surface area contributed by atoms with Crippen LogP contribution in [0.15, 0.2) is 18.2 Å². The first-order valence-electron chi connectivity index (χ1n) is 8.35. The minimum Gasteiger partial charge on any atom is -0.385 e. The number of ether oxygens (including phenoxy) is 2. The third-order valence-electron chi connectivity index (χ3n) is 4.87. The molecule has 1 aliphatic rings. The summed E-state index contributed by atoms with van der Waals surface area (Å²) in [5, 5.41) is 3.58. The van der Waals surface area contributed by atoms with E-state index in [1.807, 2.05) is 6.07 Å². The second-order valence-electron chi connectivity index (χ2n) is 6.19. The van der Waals surface area contributed by atoms with Crippen LogP contribution < -0.4 is 5.32 Å². The standard InChI is InChI=1S/C18H27ClFNO2/c1-22-12-4-3-10-18(23-2,14-7-6-11-21-13-14)15-8-5-9-16(19)17(15)20/h5,8-9,14,21H,3-4,6-7,10-13H2,1-2H3/t14?,18-/m0/s1. The molecule has 1 aromatic rings. The molecule has 5 heteroatoms. The van der Waals surface area contributed by atoms with Gasteiger partial charge in [-0.25, -0.2) is 4.39 Å². The van der Waals surface area contributed by atoms with Crippen molar-refractivity contribution in [3.8, 4) is 0 Å². The molecule has 130 valence electrons. The minimum absolute atomic E-state index is 0.157. The van der Waals surface area contributed by atoms with Gasteiger partial charge in [-0.15, -0.1) is 0 Å². The summed E-state index contributed by atoms with van der Waals surface area (Å²) in [6.45, 7) is 2.56. The molecule has 0 spiro atoms. The third kappa shape index (κ3) is 4.24. The van der Waals surface area contributed by atoms with Gasteiger partial charge in [0.25, 0.3) is 0 Å². The molecule has 0 bridgehead atoms. The van der Waals surface area contributed by atoms with Crippen LogP contribution in [-0.4, -0.2) is 33.9 Å². The van der Waals surface area contributed by atoms with Crippen molar-refractivity contribution >= 4 is 11.6 Å². The molecule has 1 heterocycles. The van der Waals surface area contributed by atoms with E-state index in [0.29, 0.717) is 12.2 Å². The van der Waals surface area contributed by atoms with Crippen LogP contribution in [0.5, 0.6) is 0 Å². The molecule has 3 nitrogen and oxygen atoms in total. The Morgan fingerprint density at radius 3 is 2.83 bits per heavy atom. The molecule has 0 aliphatic carbocycles. The van der Waals surface area contributed by atoms with Crippen LogP contribution in [0.3, 0.4) is 0 Å². The Bertz CT molecular complexity index is 494. The van der Waals surface area contributed by atoms with E-state index in [1.165, 1.54) is 0 Å². The number of methoxy groups -OCH3 is 2. The normalized spacial score (nSPS) is 21.1. The van der Waals surface area contributed by atoms with Crippen LogP contribution in [-0.2, 0) is 15.1 Å². The quantitative estimate of drug-likeness (QED) is 0.720. The van der Waals surface area contributed by atoms with Gasteiger partial charge in [0, 0.05) is 38.9 Å². The second-order valence-corrected chi connectivity index (χ2v) is 6.60. The first kappa shape index (κ1) is 18.7. The molecule has 1 saturated heterocycles. The maximum absolute atomic E-state index is 14.8. The van der Waals surface area contributed by atoms with E-state index in [-0.39, 0.29) is 16.8 Å². The monoisotopic (exact) mass is 343 g/mol. The van der Waals surface area contributed by atoms with Crippen molar-refractivity contribution in [2.45, 2.75) is 37.7 Å². The molecule has 2 rings (SSSR count). The molecule has 0 saturated carbocycles. The topological polar surface area (TPSA) is 30.5 Å². The lowest BCUT2D eigenvalue weighted by atomic mass is 9.74. The Kier molecular flexibility index (Phi) is 7.28. The number of unbranched alkanes of at least 4 members (excludes halogenated alkanes) is 1. The molecular weight excluding hydrogens is 317 g/mol. The Balaban J connectivity index is 2.33. The molecule has 1 fully saturated rings. The van der Waals surface area contributed by atoms with Crippen LogP contribution in [0.1, 0.15) is 37.7 Å². The van der Waals surface area contributed by atoms with Crippen molar-refractivity contribution in [1.29, 1.82) is 0 Å². The largest absolute Gasteiger partial charge is 0.385 e. The van der Waals surface area contributed by atoms with Crippen molar-refractivity contribution in [2.24, 2.45) is 5.92 Å². The van der Waals surface area contributed by atoms with Crippen LogP contribution in [0.25, 0.3) is 0 Å². The number of hydrogen-bond acceptors (Lipinski definition) is 3. The summed E-state index contributed by atoms with van der Waals surface area (Å²) in [4.78, 5) is 0. The van der Waals surface area contributed by atoms with Gasteiger partial charge in [-0.3, -0.25) is 0 Å². The van der Waals surface area contributed by atoms with Crippen LogP contribution in [0.4, 0.5) is 4.39 Å². The minimum atomic E-state index is -0.643. The van der Waals surface area contributed by atoms with Gasteiger partial charge in [0.15, 0.2) is 0 Å². The molecule has 23 heavy (non-hydrogen) atoms. The lowest BCUT2D eigenvalue weighted by molar-refractivity contribution is -0.0822. The van der Waals surface area contributed by atoms with E-state index in [1.54, 1.807) is 26.4 Å². The highest BCUT2D eigenvalue weighted by atomic mass is 35.5. The number of benzene rings is 1. The first-order valence-corrected chi connectivity index (χ1v) is 8.73. The number of nitrogens with one attached hydrogen (secondary N) is 1. The average Bonchev–Trinajstić information content (AvgIpc) is 2.59. The lowest BCUT2D eigenvalue weighted by Crippen LogP contribution is -2.46. The zero-order valence-electron chi connectivity index (χ0n) is 14.0. The summed E-state index contributed by atoms with van der Waals surface area (Å²) >= 11 is 6.03. The molecule has 1 N–H and O–H groups in total. The van der Waals surface area contributed by atoms with Crippen LogP contribution in [0.2, 0.25) is 5.02 Å². The molecule has 2 atom stereocenters. The Labute approximate surface area is 143 Å². The van der Waals surface area contributed by atoms with Gasteiger partial charge < -0.3 is 14.8 Å². The highest BCUT2D eigenvalue weighted by molar-refractivity contribution is 6.30. The van der Waals surface area contributed by atoms with Gasteiger partial charge in [-0.05, 0) is 44.7 Å². The number of hydrogen-bond donors (Lipinski definition) is 1. The van der Waals surface area contributed by atoms with Crippen molar-refractivity contribution in [2.75, 3.05) is 33.9 Å². The molecule has 0 radical (unpaired) electrons. The van der Waals surface area contributed by atoms with Gasteiger partial charge in [-0.2, -0.15) is 0 Å². The fourth-order valence-corrected chi connectivity index (χ4v) is 3.83. The summed E-state index contributed by atoms with van der Waals surface area (Å²) in [5.41, 5.74) is -0.0607. The molecule has 1 aliphatic heterocycles. The lowest BCUT2D eigenvalue weighted by Gasteiger charge is -2.42. The first-order chi connectivity index (χ1) is 11.2. The fourth-order valence-electron chi connectivity index (χ4n) is 3.65. The van der Waals surface area contributed by atoms with E-state index >= 15 is 0 Å². The van der Waals surface area contributed by atoms with E-state index in [4.69, 9.17) is 21.1 Å². The Hall–Kier alpha value is -0.680. The van der Waals surface area contributed by atoms with E-state index in [2.05, 4.69) is 5.32 Å². The molecular formula is C18H27ClFNO2. The molecule has 1 aromatic carbocycles. The van der Waals surface area contributed by atoms with Gasteiger partial charge in [-0.1, -0.05) is 23.7 Å². The van der Waals surface area contributed by atoms with E-state index in [0.717, 1.165) is 45.2 Å². The van der Waals surface area contributed by atoms with E-state index < -0.39 is 5.60 Å². The Morgan fingerprint density at radius 2 is 2.17 bits per heavy atom. The van der Waals surface area contributed by atoms with Gasteiger partial charge >= 0.3 is 0 Å². The molecule has 0 aromatic heterocycles. The summed E-state index contributed by atoms with van der Waals surface area (Å²) in [7, 11) is 3.39. The second kappa shape index (κ2) is 8.97. The predicted molar refractivity (Wildman–Crippen MR) is 91.4 cm³/mol. The molecule has 0 amide bonds. The SMILES string of the molecule is COCCCC[C@@](OC)(c1cccc(Cl)c1F)C1CCCNC1. The fraction of sp³-hybridized carbons (Fsp3) is 0.667. The average molecular weight is 344 g/mol. The number of rotatable bonds is 8. The van der Waals surface area contributed by atoms with Crippen LogP contribution >= 0.6 is 11.6 Å². The zero-order valence-corrected chi connectivity index (χ0v) is 14.8. The third-order valence-corrected chi connectivity index (χ3v) is 5.17. The smallest absolute Gasteiger partial charge is 0.147 e. The summed E-state index contributed by atoms with van der Waals surface area (Å²) in [5.74, 6) is -0.120. The number of halogens is 2. The number of piperidine rings is 1. The summed E-state index contributed by atoms with van der Waals surface area (Å²) in [6.07, 6.45) is 4.72. The van der Waals surface area contributed by atoms with Gasteiger partial charge in [0.05, 0.1) is 10.6 Å². The maximum Gasteiger partial charge on any atom is 0.147 e. The summed E-state index contributed by atoms with van der Waals surface area (Å²) < 4.78 is 25.9. The predicted octanol–water partition coefficient (Wildman–Crippen LogP) is 4.14. The van der Waals surface area contributed by atoms with Gasteiger partial charge in [0.1, 0.15) is 5.82 Å².